The molecule has 1 rings (SSSR count). The first-order chi connectivity index (χ1) is 8.81. The van der Waals surface area contributed by atoms with Crippen LogP contribution in [0.5, 0.6) is 0 Å². The van der Waals surface area contributed by atoms with Gasteiger partial charge in [0.05, 0.1) is 5.56 Å². The second kappa shape index (κ2) is 5.94. The fourth-order valence-corrected chi connectivity index (χ4v) is 1.54. The molecule has 0 aromatic heterocycles. The number of benzene rings is 1. The lowest BCUT2D eigenvalue weighted by atomic mass is 10.1. The maximum atomic E-state index is 13.7. The first kappa shape index (κ1) is 14.6. The zero-order valence-electron chi connectivity index (χ0n) is 10.4. The van der Waals surface area contributed by atoms with Crippen LogP contribution in [-0.4, -0.2) is 35.7 Å². The van der Waals surface area contributed by atoms with Crippen LogP contribution >= 0.6 is 0 Å². The zero-order valence-corrected chi connectivity index (χ0v) is 10.4. The molecule has 0 aliphatic carbocycles. The van der Waals surface area contributed by atoms with E-state index in [0.29, 0.717) is 5.56 Å². The van der Waals surface area contributed by atoms with E-state index in [2.05, 4.69) is 0 Å². The number of carbonyl (C=O) groups excluding carboxylic acids is 3. The highest BCUT2D eigenvalue weighted by Gasteiger charge is 2.22. The number of aryl methyl sites for hydroxylation is 1. The maximum absolute atomic E-state index is 13.7. The van der Waals surface area contributed by atoms with Gasteiger partial charge in [-0.1, -0.05) is 6.07 Å². The van der Waals surface area contributed by atoms with Gasteiger partial charge in [0.25, 0.3) is 5.91 Å². The molecule has 4 N–H and O–H groups in total. The Labute approximate surface area is 109 Å². The maximum Gasteiger partial charge on any atom is 0.257 e. The van der Waals surface area contributed by atoms with Crippen molar-refractivity contribution in [2.75, 3.05) is 13.1 Å². The molecule has 0 radical (unpaired) electrons. The number of halogens is 1. The molecule has 3 amide bonds. The van der Waals surface area contributed by atoms with Crippen molar-refractivity contribution in [2.45, 2.75) is 6.92 Å². The number of amides is 3. The Morgan fingerprint density at radius 2 is 1.68 bits per heavy atom. The minimum absolute atomic E-state index is 0.242. The number of nitrogens with two attached hydrogens (primary N) is 2. The summed E-state index contributed by atoms with van der Waals surface area (Å²) in [6.07, 6.45) is 0. The lowest BCUT2D eigenvalue weighted by Crippen LogP contribution is -2.43. The molecule has 0 aliphatic heterocycles. The third kappa shape index (κ3) is 4.06. The number of carbonyl (C=O) groups is 3. The van der Waals surface area contributed by atoms with Crippen molar-refractivity contribution in [1.82, 2.24) is 4.90 Å². The second-order valence-electron chi connectivity index (χ2n) is 4.08. The Bertz CT molecular complexity index is 515. The Morgan fingerprint density at radius 3 is 2.11 bits per heavy atom. The van der Waals surface area contributed by atoms with Gasteiger partial charge in [-0.2, -0.15) is 0 Å². The molecule has 0 saturated carbocycles. The molecule has 0 atom stereocenters. The Kier molecular flexibility index (Phi) is 4.57. The summed E-state index contributed by atoms with van der Waals surface area (Å²) in [4.78, 5) is 34.5. The van der Waals surface area contributed by atoms with E-state index in [9.17, 15) is 18.8 Å². The summed E-state index contributed by atoms with van der Waals surface area (Å²) >= 11 is 0. The van der Waals surface area contributed by atoms with Crippen LogP contribution in [0, 0.1) is 12.7 Å². The van der Waals surface area contributed by atoms with Crippen molar-refractivity contribution >= 4 is 17.7 Å². The summed E-state index contributed by atoms with van der Waals surface area (Å²) in [5.74, 6) is -3.18. The molecule has 19 heavy (non-hydrogen) atoms. The highest BCUT2D eigenvalue weighted by atomic mass is 19.1. The SMILES string of the molecule is Cc1ccc(C(=O)N(CC(N)=O)CC(N)=O)c(F)c1. The van der Waals surface area contributed by atoms with Crippen molar-refractivity contribution in [3.63, 3.8) is 0 Å². The van der Waals surface area contributed by atoms with E-state index in [4.69, 9.17) is 11.5 Å². The van der Waals surface area contributed by atoms with Gasteiger partial charge in [0.1, 0.15) is 18.9 Å². The molecule has 7 heteroatoms. The average Bonchev–Trinajstić information content (AvgIpc) is 2.26. The summed E-state index contributed by atoms with van der Waals surface area (Å²) < 4.78 is 13.7. The predicted octanol–water partition coefficient (Wildman–Crippen LogP) is -0.453. The summed E-state index contributed by atoms with van der Waals surface area (Å²) in [7, 11) is 0. The van der Waals surface area contributed by atoms with Crippen LogP contribution in [0.1, 0.15) is 15.9 Å². The molecule has 0 fully saturated rings. The monoisotopic (exact) mass is 267 g/mol. The van der Waals surface area contributed by atoms with Crippen molar-refractivity contribution in [3.8, 4) is 0 Å². The van der Waals surface area contributed by atoms with Crippen LogP contribution in [0.2, 0.25) is 0 Å². The molecule has 6 nitrogen and oxygen atoms in total. The molecule has 0 unspecified atom stereocenters. The molecule has 0 bridgehead atoms. The second-order valence-corrected chi connectivity index (χ2v) is 4.08. The van der Waals surface area contributed by atoms with Crippen molar-refractivity contribution < 1.29 is 18.8 Å². The number of hydrogen-bond acceptors (Lipinski definition) is 3. The van der Waals surface area contributed by atoms with E-state index < -0.39 is 36.6 Å². The zero-order chi connectivity index (χ0) is 14.6. The van der Waals surface area contributed by atoms with Crippen LogP contribution in [-0.2, 0) is 9.59 Å². The van der Waals surface area contributed by atoms with Gasteiger partial charge in [-0.05, 0) is 24.6 Å². The lowest BCUT2D eigenvalue weighted by molar-refractivity contribution is -0.121. The molecular weight excluding hydrogens is 253 g/mol. The normalized spacial score (nSPS) is 10.0. The molecule has 1 aromatic carbocycles. The fourth-order valence-electron chi connectivity index (χ4n) is 1.54. The van der Waals surface area contributed by atoms with E-state index in [-0.39, 0.29) is 5.56 Å². The van der Waals surface area contributed by atoms with E-state index >= 15 is 0 Å². The first-order valence-corrected chi connectivity index (χ1v) is 5.43. The van der Waals surface area contributed by atoms with E-state index in [1.807, 2.05) is 0 Å². The van der Waals surface area contributed by atoms with Gasteiger partial charge in [0.2, 0.25) is 11.8 Å². The fraction of sp³-hybridized carbons (Fsp3) is 0.250. The highest BCUT2D eigenvalue weighted by molar-refractivity contribution is 5.98. The van der Waals surface area contributed by atoms with Gasteiger partial charge >= 0.3 is 0 Å². The van der Waals surface area contributed by atoms with Crippen molar-refractivity contribution in [1.29, 1.82) is 0 Å². The topological polar surface area (TPSA) is 106 Å². The molecule has 1 aromatic rings. The van der Waals surface area contributed by atoms with Gasteiger partial charge in [-0.25, -0.2) is 4.39 Å². The quantitative estimate of drug-likeness (QED) is 0.754. The van der Waals surface area contributed by atoms with Gasteiger partial charge in [0.15, 0.2) is 0 Å². The molecule has 0 spiro atoms. The third-order valence-corrected chi connectivity index (χ3v) is 2.34. The highest BCUT2D eigenvalue weighted by Crippen LogP contribution is 2.12. The van der Waals surface area contributed by atoms with Gasteiger partial charge < -0.3 is 16.4 Å². The Hall–Kier alpha value is -2.44. The first-order valence-electron chi connectivity index (χ1n) is 5.43. The number of primary amides is 2. The molecule has 0 saturated heterocycles. The summed E-state index contributed by atoms with van der Waals surface area (Å²) in [6.45, 7) is 0.659. The minimum Gasteiger partial charge on any atom is -0.368 e. The van der Waals surface area contributed by atoms with E-state index in [1.165, 1.54) is 12.1 Å². The van der Waals surface area contributed by atoms with Crippen LogP contribution in [0.3, 0.4) is 0 Å². The van der Waals surface area contributed by atoms with E-state index in [1.54, 1.807) is 13.0 Å². The lowest BCUT2D eigenvalue weighted by Gasteiger charge is -2.19. The smallest absolute Gasteiger partial charge is 0.257 e. The average molecular weight is 267 g/mol. The third-order valence-electron chi connectivity index (χ3n) is 2.34. The predicted molar refractivity (Wildman–Crippen MR) is 65.4 cm³/mol. The molecular formula is C12H14FN3O3. The summed E-state index contributed by atoms with van der Waals surface area (Å²) in [5.41, 5.74) is 10.3. The summed E-state index contributed by atoms with van der Waals surface area (Å²) in [5, 5.41) is 0. The molecule has 102 valence electrons. The summed E-state index contributed by atoms with van der Waals surface area (Å²) in [6, 6.07) is 4.00. The van der Waals surface area contributed by atoms with Gasteiger partial charge in [-0.3, -0.25) is 14.4 Å². The van der Waals surface area contributed by atoms with Crippen molar-refractivity contribution in [3.05, 3.63) is 35.1 Å². The Morgan fingerprint density at radius 1 is 1.16 bits per heavy atom. The van der Waals surface area contributed by atoms with Crippen LogP contribution in [0.4, 0.5) is 4.39 Å². The van der Waals surface area contributed by atoms with Crippen molar-refractivity contribution in [2.24, 2.45) is 11.5 Å². The molecule has 0 heterocycles. The number of hydrogen-bond donors (Lipinski definition) is 2. The molecule has 0 aliphatic rings. The number of rotatable bonds is 5. The Balaban J connectivity index is 3.04. The van der Waals surface area contributed by atoms with Gasteiger partial charge in [-0.15, -0.1) is 0 Å². The minimum atomic E-state index is -0.817. The van der Waals surface area contributed by atoms with E-state index in [0.717, 1.165) is 4.90 Å². The van der Waals surface area contributed by atoms with Crippen LogP contribution in [0.25, 0.3) is 0 Å². The van der Waals surface area contributed by atoms with Crippen LogP contribution in [0.15, 0.2) is 18.2 Å². The van der Waals surface area contributed by atoms with Crippen LogP contribution < -0.4 is 11.5 Å². The van der Waals surface area contributed by atoms with Gasteiger partial charge in [0, 0.05) is 0 Å². The largest absolute Gasteiger partial charge is 0.368 e. The number of nitrogens with zero attached hydrogens (tertiary/aromatic N) is 1. The standard InChI is InChI=1S/C12H14FN3O3/c1-7-2-3-8(9(13)4-7)12(19)16(5-10(14)17)6-11(15)18/h2-4H,5-6H2,1H3,(H2,14,17)(H2,15,18).